The van der Waals surface area contributed by atoms with Crippen molar-refractivity contribution in [3.05, 3.63) is 58.1 Å². The number of hydrogen-bond donors (Lipinski definition) is 1. The van der Waals surface area contributed by atoms with E-state index in [1.807, 2.05) is 37.3 Å². The molecule has 4 heteroatoms. The van der Waals surface area contributed by atoms with Gasteiger partial charge in [0.15, 0.2) is 0 Å². The van der Waals surface area contributed by atoms with Crippen LogP contribution in [0.25, 0.3) is 0 Å². The Labute approximate surface area is 123 Å². The first-order valence-corrected chi connectivity index (χ1v) is 6.79. The van der Waals surface area contributed by atoms with Crippen molar-refractivity contribution in [1.82, 2.24) is 0 Å². The van der Waals surface area contributed by atoms with Crippen molar-refractivity contribution in [2.24, 2.45) is 0 Å². The van der Waals surface area contributed by atoms with Crippen LogP contribution in [0.2, 0.25) is 10.0 Å². The van der Waals surface area contributed by atoms with Crippen molar-refractivity contribution < 1.29 is 4.74 Å². The quantitative estimate of drug-likeness (QED) is 0.801. The molecule has 0 aliphatic heterocycles. The molecule has 0 radical (unpaired) electrons. The summed E-state index contributed by atoms with van der Waals surface area (Å²) in [7, 11) is 0. The minimum atomic E-state index is 0.571. The maximum Gasteiger partial charge on any atom is 0.119 e. The smallest absolute Gasteiger partial charge is 0.119 e. The number of aryl methyl sites for hydroxylation is 1. The fraction of sp³-hybridized carbons (Fsp3) is 0.200. The van der Waals surface area contributed by atoms with Crippen LogP contribution < -0.4 is 10.1 Å². The van der Waals surface area contributed by atoms with Crippen molar-refractivity contribution >= 4 is 28.9 Å². The van der Waals surface area contributed by atoms with Gasteiger partial charge in [-0.05, 0) is 37.3 Å². The van der Waals surface area contributed by atoms with Crippen LogP contribution in [-0.4, -0.2) is 13.2 Å². The van der Waals surface area contributed by atoms with E-state index in [0.717, 1.165) is 11.4 Å². The van der Waals surface area contributed by atoms with Gasteiger partial charge in [-0.25, -0.2) is 0 Å². The number of anilines is 1. The van der Waals surface area contributed by atoms with Gasteiger partial charge in [-0.1, -0.05) is 40.9 Å². The molecule has 100 valence electrons. The average molecular weight is 296 g/mol. The third-order valence-electron chi connectivity index (χ3n) is 2.64. The molecular formula is C15H15Cl2NO. The van der Waals surface area contributed by atoms with Gasteiger partial charge in [0.05, 0.1) is 10.7 Å². The van der Waals surface area contributed by atoms with Crippen molar-refractivity contribution in [3.8, 4) is 5.75 Å². The Kier molecular flexibility index (Phi) is 4.94. The Morgan fingerprint density at radius 3 is 2.47 bits per heavy atom. The molecule has 0 spiro atoms. The highest BCUT2D eigenvalue weighted by Gasteiger charge is 2.00. The lowest BCUT2D eigenvalue weighted by atomic mass is 10.2. The average Bonchev–Trinajstić information content (AvgIpc) is 2.39. The Bertz CT molecular complexity index is 540. The van der Waals surface area contributed by atoms with Gasteiger partial charge in [0, 0.05) is 11.6 Å². The SMILES string of the molecule is Cc1ccc(OCCNc2ccc(Cl)cc2Cl)cc1. The van der Waals surface area contributed by atoms with Gasteiger partial charge in [0.1, 0.15) is 12.4 Å². The first-order valence-electron chi connectivity index (χ1n) is 6.03. The van der Waals surface area contributed by atoms with E-state index in [0.29, 0.717) is 23.2 Å². The van der Waals surface area contributed by atoms with E-state index in [4.69, 9.17) is 27.9 Å². The van der Waals surface area contributed by atoms with Crippen molar-refractivity contribution in [1.29, 1.82) is 0 Å². The molecule has 1 N–H and O–H groups in total. The predicted octanol–water partition coefficient (Wildman–Crippen LogP) is 4.79. The normalized spacial score (nSPS) is 10.3. The van der Waals surface area contributed by atoms with Crippen molar-refractivity contribution in [2.45, 2.75) is 6.92 Å². The molecule has 19 heavy (non-hydrogen) atoms. The zero-order valence-electron chi connectivity index (χ0n) is 10.6. The van der Waals surface area contributed by atoms with Gasteiger partial charge in [0.2, 0.25) is 0 Å². The highest BCUT2D eigenvalue weighted by atomic mass is 35.5. The molecule has 0 aliphatic carbocycles. The Morgan fingerprint density at radius 2 is 1.79 bits per heavy atom. The predicted molar refractivity (Wildman–Crippen MR) is 81.6 cm³/mol. The third-order valence-corrected chi connectivity index (χ3v) is 3.19. The Hall–Kier alpha value is -1.38. The molecule has 0 fully saturated rings. The number of nitrogens with one attached hydrogen (secondary N) is 1. The molecule has 0 saturated heterocycles. The van der Waals surface area contributed by atoms with Crippen LogP contribution in [0, 0.1) is 6.92 Å². The fourth-order valence-corrected chi connectivity index (χ4v) is 2.10. The summed E-state index contributed by atoms with van der Waals surface area (Å²) in [5.41, 5.74) is 2.08. The lowest BCUT2D eigenvalue weighted by Crippen LogP contribution is -2.11. The van der Waals surface area contributed by atoms with Crippen LogP contribution in [0.3, 0.4) is 0 Å². The highest BCUT2D eigenvalue weighted by molar-refractivity contribution is 6.36. The van der Waals surface area contributed by atoms with Crippen LogP contribution in [0.1, 0.15) is 5.56 Å². The monoisotopic (exact) mass is 295 g/mol. The second-order valence-corrected chi connectivity index (χ2v) is 5.06. The Morgan fingerprint density at radius 1 is 1.05 bits per heavy atom. The van der Waals surface area contributed by atoms with Crippen LogP contribution in [-0.2, 0) is 0 Å². The molecule has 0 saturated carbocycles. The molecule has 0 bridgehead atoms. The minimum absolute atomic E-state index is 0.571. The van der Waals surface area contributed by atoms with Gasteiger partial charge in [-0.15, -0.1) is 0 Å². The molecule has 2 nitrogen and oxygen atoms in total. The zero-order chi connectivity index (χ0) is 13.7. The summed E-state index contributed by atoms with van der Waals surface area (Å²) in [4.78, 5) is 0. The maximum atomic E-state index is 6.06. The van der Waals surface area contributed by atoms with Gasteiger partial charge in [-0.3, -0.25) is 0 Å². The molecule has 2 rings (SSSR count). The second kappa shape index (κ2) is 6.69. The number of benzene rings is 2. The fourth-order valence-electron chi connectivity index (χ4n) is 1.62. The van der Waals surface area contributed by atoms with E-state index in [2.05, 4.69) is 5.32 Å². The number of rotatable bonds is 5. The molecule has 0 atom stereocenters. The van der Waals surface area contributed by atoms with E-state index in [-0.39, 0.29) is 0 Å². The summed E-state index contributed by atoms with van der Waals surface area (Å²) in [5, 5.41) is 4.45. The highest BCUT2D eigenvalue weighted by Crippen LogP contribution is 2.25. The summed E-state index contributed by atoms with van der Waals surface area (Å²) in [5.74, 6) is 0.870. The number of hydrogen-bond acceptors (Lipinski definition) is 2. The topological polar surface area (TPSA) is 21.3 Å². The van der Waals surface area contributed by atoms with E-state index in [1.54, 1.807) is 12.1 Å². The largest absolute Gasteiger partial charge is 0.492 e. The van der Waals surface area contributed by atoms with Crippen LogP contribution in [0.15, 0.2) is 42.5 Å². The first-order chi connectivity index (χ1) is 9.15. The zero-order valence-corrected chi connectivity index (χ0v) is 12.1. The molecular weight excluding hydrogens is 281 g/mol. The number of halogens is 2. The van der Waals surface area contributed by atoms with Gasteiger partial charge in [0.25, 0.3) is 0 Å². The minimum Gasteiger partial charge on any atom is -0.492 e. The van der Waals surface area contributed by atoms with Crippen molar-refractivity contribution in [2.75, 3.05) is 18.5 Å². The van der Waals surface area contributed by atoms with Crippen LogP contribution in [0.5, 0.6) is 5.75 Å². The van der Waals surface area contributed by atoms with E-state index in [9.17, 15) is 0 Å². The molecule has 0 aliphatic rings. The number of ether oxygens (including phenoxy) is 1. The summed E-state index contributed by atoms with van der Waals surface area (Å²) in [6, 6.07) is 13.4. The lowest BCUT2D eigenvalue weighted by Gasteiger charge is -2.10. The van der Waals surface area contributed by atoms with E-state index < -0.39 is 0 Å². The van der Waals surface area contributed by atoms with Gasteiger partial charge in [-0.2, -0.15) is 0 Å². The molecule has 2 aromatic carbocycles. The van der Waals surface area contributed by atoms with Gasteiger partial charge >= 0.3 is 0 Å². The van der Waals surface area contributed by atoms with Gasteiger partial charge < -0.3 is 10.1 Å². The summed E-state index contributed by atoms with van der Waals surface area (Å²) < 4.78 is 5.61. The molecule has 0 unspecified atom stereocenters. The Balaban J connectivity index is 1.79. The van der Waals surface area contributed by atoms with Crippen molar-refractivity contribution in [3.63, 3.8) is 0 Å². The second-order valence-electron chi connectivity index (χ2n) is 4.21. The van der Waals surface area contributed by atoms with Crippen LogP contribution >= 0.6 is 23.2 Å². The molecule has 0 heterocycles. The lowest BCUT2D eigenvalue weighted by molar-refractivity contribution is 0.333. The summed E-state index contributed by atoms with van der Waals surface area (Å²) >= 11 is 11.9. The molecule has 0 amide bonds. The molecule has 0 aromatic heterocycles. The van der Waals surface area contributed by atoms with E-state index in [1.165, 1.54) is 5.56 Å². The van der Waals surface area contributed by atoms with Crippen LogP contribution in [0.4, 0.5) is 5.69 Å². The summed E-state index contributed by atoms with van der Waals surface area (Å²) in [6.45, 7) is 3.30. The first kappa shape index (κ1) is 14.0. The molecule has 2 aromatic rings. The third kappa shape index (κ3) is 4.34. The summed E-state index contributed by atoms with van der Waals surface area (Å²) in [6.07, 6.45) is 0. The van der Waals surface area contributed by atoms with E-state index >= 15 is 0 Å². The standard InChI is InChI=1S/C15H15Cl2NO/c1-11-2-5-13(6-3-11)19-9-8-18-15-7-4-12(16)10-14(15)17/h2-7,10,18H,8-9H2,1H3. The maximum absolute atomic E-state index is 6.06.